The van der Waals surface area contributed by atoms with Gasteiger partial charge < -0.3 is 13.9 Å². The molecule has 3 rings (SSSR count). The molecule has 4 heteroatoms. The Morgan fingerprint density at radius 3 is 2.21 bits per heavy atom. The lowest BCUT2D eigenvalue weighted by atomic mass is 9.79. The second kappa shape index (κ2) is 13.7. The average molecular weight is 577 g/mol. The second-order valence-corrected chi connectivity index (χ2v) is 14.9. The molecule has 0 saturated carbocycles. The molecule has 0 aliphatic heterocycles. The average Bonchev–Trinajstić information content (AvgIpc) is 3.28. The van der Waals surface area contributed by atoms with Gasteiger partial charge in [0.15, 0.2) is 0 Å². The van der Waals surface area contributed by atoms with Gasteiger partial charge in [-0.2, -0.15) is 0 Å². The fourth-order valence-electron chi connectivity index (χ4n) is 6.14. The van der Waals surface area contributed by atoms with Crippen molar-refractivity contribution in [2.45, 2.75) is 132 Å². The maximum absolute atomic E-state index is 13.2. The van der Waals surface area contributed by atoms with Crippen LogP contribution >= 0.6 is 0 Å². The third-order valence-corrected chi connectivity index (χ3v) is 7.94. The number of esters is 1. The number of fused-ring (bicyclic) bond motifs is 1. The van der Waals surface area contributed by atoms with E-state index in [2.05, 4.69) is 78.8 Å². The van der Waals surface area contributed by atoms with Crippen LogP contribution in [0.1, 0.15) is 119 Å². The van der Waals surface area contributed by atoms with Gasteiger partial charge >= 0.3 is 5.97 Å². The van der Waals surface area contributed by atoms with Crippen LogP contribution in [0.15, 0.2) is 46.9 Å². The van der Waals surface area contributed by atoms with Gasteiger partial charge in [-0.15, -0.1) is 0 Å². The van der Waals surface area contributed by atoms with Gasteiger partial charge in [0, 0.05) is 23.4 Å². The summed E-state index contributed by atoms with van der Waals surface area (Å²) in [6, 6.07) is 15.0. The molecule has 1 aromatic heterocycles. The maximum Gasteiger partial charge on any atom is 0.309 e. The highest BCUT2D eigenvalue weighted by atomic mass is 16.6. The Hall–Kier alpha value is -2.75. The molecule has 1 heterocycles. The summed E-state index contributed by atoms with van der Waals surface area (Å²) in [5, 5.41) is 1.05. The topological polar surface area (TPSA) is 48.7 Å². The Balaban J connectivity index is 1.73. The molecule has 1 atom stereocenters. The standard InChI is InChI=1S/C38H56O4/c1-12-14-15-16-27-17-20-31(28(13-2)21-27)34-22-29-18-19-30(23-33(29)40-34)41-37(8,9)25-38(10,11)42-35(39)32(26(3)4)24-36(5,6)7/h17-23,26,32H,12-16,24-25H2,1-11H3. The number of rotatable bonds is 14. The predicted octanol–water partition coefficient (Wildman–Crippen LogP) is 11.0. The van der Waals surface area contributed by atoms with Crippen LogP contribution in [0.3, 0.4) is 0 Å². The van der Waals surface area contributed by atoms with Crippen LogP contribution in [0.25, 0.3) is 22.3 Å². The summed E-state index contributed by atoms with van der Waals surface area (Å²) in [5.41, 5.74) is 3.51. The highest BCUT2D eigenvalue weighted by Crippen LogP contribution is 2.36. The van der Waals surface area contributed by atoms with Crippen molar-refractivity contribution in [3.8, 4) is 17.1 Å². The number of hydrogen-bond donors (Lipinski definition) is 0. The first kappa shape index (κ1) is 33.7. The van der Waals surface area contributed by atoms with Crippen molar-refractivity contribution in [2.75, 3.05) is 0 Å². The molecule has 0 bridgehead atoms. The summed E-state index contributed by atoms with van der Waals surface area (Å²) < 4.78 is 19.0. The molecule has 0 saturated heterocycles. The van der Waals surface area contributed by atoms with E-state index in [-0.39, 0.29) is 23.2 Å². The van der Waals surface area contributed by atoms with E-state index in [1.807, 2.05) is 39.8 Å². The van der Waals surface area contributed by atoms with Gasteiger partial charge in [0.1, 0.15) is 28.3 Å². The summed E-state index contributed by atoms with van der Waals surface area (Å²) in [5.74, 6) is 1.60. The number of carbonyl (C=O) groups excluding carboxylic acids is 1. The zero-order valence-electron chi connectivity index (χ0n) is 28.3. The molecule has 0 spiro atoms. The zero-order chi connectivity index (χ0) is 31.3. The van der Waals surface area contributed by atoms with Crippen molar-refractivity contribution in [1.82, 2.24) is 0 Å². The van der Waals surface area contributed by atoms with E-state index in [1.54, 1.807) is 0 Å². The normalized spacial score (nSPS) is 13.5. The van der Waals surface area contributed by atoms with Crippen LogP contribution < -0.4 is 4.74 Å². The predicted molar refractivity (Wildman–Crippen MR) is 176 cm³/mol. The zero-order valence-corrected chi connectivity index (χ0v) is 28.3. The second-order valence-electron chi connectivity index (χ2n) is 14.9. The van der Waals surface area contributed by atoms with Gasteiger partial charge in [-0.05, 0) is 94.0 Å². The summed E-state index contributed by atoms with van der Waals surface area (Å²) in [7, 11) is 0. The number of carbonyl (C=O) groups is 1. The van der Waals surface area contributed by atoms with Crippen molar-refractivity contribution in [2.24, 2.45) is 17.3 Å². The Labute approximate surface area is 255 Å². The van der Waals surface area contributed by atoms with Crippen molar-refractivity contribution in [1.29, 1.82) is 0 Å². The molecule has 0 aliphatic rings. The molecule has 4 nitrogen and oxygen atoms in total. The third kappa shape index (κ3) is 9.64. The van der Waals surface area contributed by atoms with Gasteiger partial charge in [0.25, 0.3) is 0 Å². The maximum atomic E-state index is 13.2. The number of aryl methyl sites for hydroxylation is 2. The van der Waals surface area contributed by atoms with Gasteiger partial charge in [-0.25, -0.2) is 0 Å². The van der Waals surface area contributed by atoms with Crippen LogP contribution in [0, 0.1) is 17.3 Å². The van der Waals surface area contributed by atoms with E-state index in [9.17, 15) is 4.79 Å². The monoisotopic (exact) mass is 576 g/mol. The molecule has 3 aromatic rings. The largest absolute Gasteiger partial charge is 0.488 e. The number of ether oxygens (including phenoxy) is 2. The van der Waals surface area contributed by atoms with Gasteiger partial charge in [-0.3, -0.25) is 4.79 Å². The van der Waals surface area contributed by atoms with Gasteiger partial charge in [-0.1, -0.05) is 79.5 Å². The fourth-order valence-corrected chi connectivity index (χ4v) is 6.14. The van der Waals surface area contributed by atoms with Crippen molar-refractivity contribution in [3.63, 3.8) is 0 Å². The molecule has 1 unspecified atom stereocenters. The molecule has 0 aliphatic carbocycles. The van der Waals surface area contributed by atoms with Crippen LogP contribution in [-0.2, 0) is 22.4 Å². The van der Waals surface area contributed by atoms with E-state index in [0.29, 0.717) is 6.42 Å². The fraction of sp³-hybridized carbons (Fsp3) is 0.605. The SMILES string of the molecule is CCCCCc1ccc(-c2cc3ccc(OC(C)(C)CC(C)(C)OC(=O)C(CC(C)(C)C)C(C)C)cc3o2)c(CC)c1. The molecule has 0 radical (unpaired) electrons. The first-order chi connectivity index (χ1) is 19.5. The van der Waals surface area contributed by atoms with Crippen LogP contribution in [0.2, 0.25) is 0 Å². The van der Waals surface area contributed by atoms with Gasteiger partial charge in [0.05, 0.1) is 5.92 Å². The minimum absolute atomic E-state index is 0.0562. The molecular weight excluding hydrogens is 520 g/mol. The number of unbranched alkanes of at least 4 members (excludes halogenated alkanes) is 2. The van der Waals surface area contributed by atoms with Crippen LogP contribution in [0.5, 0.6) is 5.75 Å². The number of furan rings is 1. The molecule has 232 valence electrons. The summed E-state index contributed by atoms with van der Waals surface area (Å²) in [6.07, 6.45) is 7.19. The van der Waals surface area contributed by atoms with Gasteiger partial charge in [0.2, 0.25) is 0 Å². The lowest BCUT2D eigenvalue weighted by Crippen LogP contribution is -2.42. The van der Waals surface area contributed by atoms with Crippen LogP contribution in [-0.4, -0.2) is 17.2 Å². The lowest BCUT2D eigenvalue weighted by molar-refractivity contribution is -0.168. The molecule has 42 heavy (non-hydrogen) atoms. The molecule has 0 amide bonds. The summed E-state index contributed by atoms with van der Waals surface area (Å²) in [6.45, 7) is 23.2. The Morgan fingerprint density at radius 2 is 1.60 bits per heavy atom. The quantitative estimate of drug-likeness (QED) is 0.141. The third-order valence-electron chi connectivity index (χ3n) is 7.94. The smallest absolute Gasteiger partial charge is 0.309 e. The van der Waals surface area contributed by atoms with Crippen molar-refractivity contribution >= 4 is 16.9 Å². The minimum atomic E-state index is -0.674. The number of hydrogen-bond acceptors (Lipinski definition) is 4. The Morgan fingerprint density at radius 1 is 0.881 bits per heavy atom. The first-order valence-corrected chi connectivity index (χ1v) is 16.1. The molecule has 2 aromatic carbocycles. The molecule has 0 N–H and O–H groups in total. The Kier molecular flexibility index (Phi) is 11.0. The number of benzene rings is 2. The van der Waals surface area contributed by atoms with Crippen LogP contribution in [0.4, 0.5) is 0 Å². The van der Waals surface area contributed by atoms with E-state index in [4.69, 9.17) is 13.9 Å². The van der Waals surface area contributed by atoms with E-state index < -0.39 is 11.2 Å². The summed E-state index contributed by atoms with van der Waals surface area (Å²) in [4.78, 5) is 13.2. The van der Waals surface area contributed by atoms with Crippen molar-refractivity contribution in [3.05, 3.63) is 53.6 Å². The minimum Gasteiger partial charge on any atom is -0.488 e. The highest BCUT2D eigenvalue weighted by Gasteiger charge is 2.37. The molecule has 0 fully saturated rings. The Bertz CT molecular complexity index is 1320. The van der Waals surface area contributed by atoms with E-state index in [1.165, 1.54) is 30.4 Å². The highest BCUT2D eigenvalue weighted by molar-refractivity contribution is 5.84. The first-order valence-electron chi connectivity index (χ1n) is 16.1. The van der Waals surface area contributed by atoms with E-state index in [0.717, 1.165) is 47.3 Å². The lowest BCUT2D eigenvalue weighted by Gasteiger charge is -2.37. The molecular formula is C38H56O4. The van der Waals surface area contributed by atoms with E-state index >= 15 is 0 Å². The summed E-state index contributed by atoms with van der Waals surface area (Å²) >= 11 is 0. The van der Waals surface area contributed by atoms with Crippen molar-refractivity contribution < 1.29 is 18.7 Å².